The van der Waals surface area contributed by atoms with Crippen molar-refractivity contribution < 1.29 is 5.11 Å². The van der Waals surface area contributed by atoms with Gasteiger partial charge in [-0.25, -0.2) is 0 Å². The minimum Gasteiger partial charge on any atom is -0.390 e. The van der Waals surface area contributed by atoms with Crippen molar-refractivity contribution in [2.24, 2.45) is 0 Å². The molecule has 3 nitrogen and oxygen atoms in total. The second-order valence-electron chi connectivity index (χ2n) is 3.74. The fourth-order valence-electron chi connectivity index (χ4n) is 1.94. The largest absolute Gasteiger partial charge is 0.390 e. The van der Waals surface area contributed by atoms with Crippen LogP contribution in [0.1, 0.15) is 36.6 Å². The van der Waals surface area contributed by atoms with Crippen LogP contribution in [0.3, 0.4) is 0 Å². The smallest absolute Gasteiger partial charge is 0.0853 e. The number of aliphatic hydroxyl groups is 1. The first-order valence-electron chi connectivity index (χ1n) is 5.19. The number of aliphatic hydroxyl groups excluding tert-OH is 1. The van der Waals surface area contributed by atoms with Gasteiger partial charge in [0.15, 0.2) is 0 Å². The third kappa shape index (κ3) is 2.11. The van der Waals surface area contributed by atoms with Crippen LogP contribution in [0.2, 0.25) is 0 Å². The van der Waals surface area contributed by atoms with Gasteiger partial charge in [0, 0.05) is 12.2 Å². The predicted octanol–water partition coefficient (Wildman–Crippen LogP) is 1.39. The first-order chi connectivity index (χ1) is 6.90. The average Bonchev–Trinajstić information content (AvgIpc) is 2.30. The fourth-order valence-corrected chi connectivity index (χ4v) is 1.94. The van der Waals surface area contributed by atoms with Gasteiger partial charge in [-0.05, 0) is 37.1 Å². The molecule has 1 aromatic rings. The molecule has 3 heteroatoms. The van der Waals surface area contributed by atoms with Gasteiger partial charge in [0.25, 0.3) is 0 Å². The zero-order chi connectivity index (χ0) is 9.80. The Labute approximate surface area is 84.2 Å². The number of hydrogen-bond donors (Lipinski definition) is 2. The van der Waals surface area contributed by atoms with Gasteiger partial charge in [-0.2, -0.15) is 0 Å². The minimum atomic E-state index is 0.0283. The van der Waals surface area contributed by atoms with Crippen LogP contribution in [0.4, 0.5) is 0 Å². The summed E-state index contributed by atoms with van der Waals surface area (Å²) in [7, 11) is 0. The summed E-state index contributed by atoms with van der Waals surface area (Å²) in [5, 5.41) is 12.5. The van der Waals surface area contributed by atoms with Crippen LogP contribution in [0.5, 0.6) is 0 Å². The van der Waals surface area contributed by atoms with E-state index in [0.29, 0.717) is 6.04 Å². The maximum absolute atomic E-state index is 8.98. The monoisotopic (exact) mass is 192 g/mol. The van der Waals surface area contributed by atoms with Crippen molar-refractivity contribution in [2.45, 2.75) is 31.9 Å². The van der Waals surface area contributed by atoms with E-state index in [1.807, 2.05) is 12.1 Å². The first kappa shape index (κ1) is 9.62. The van der Waals surface area contributed by atoms with E-state index in [4.69, 9.17) is 5.11 Å². The SMILES string of the molecule is OCc1cc(C2CCCCN2)ccn1. The Morgan fingerprint density at radius 1 is 1.50 bits per heavy atom. The summed E-state index contributed by atoms with van der Waals surface area (Å²) in [6.45, 7) is 1.13. The molecule has 2 rings (SSSR count). The van der Waals surface area contributed by atoms with Crippen LogP contribution < -0.4 is 5.32 Å². The van der Waals surface area contributed by atoms with Gasteiger partial charge in [0.05, 0.1) is 12.3 Å². The van der Waals surface area contributed by atoms with Gasteiger partial charge in [-0.1, -0.05) is 6.42 Å². The Balaban J connectivity index is 2.13. The molecule has 1 aromatic heterocycles. The highest BCUT2D eigenvalue weighted by Gasteiger charge is 2.14. The average molecular weight is 192 g/mol. The van der Waals surface area contributed by atoms with Crippen LogP contribution >= 0.6 is 0 Å². The van der Waals surface area contributed by atoms with E-state index in [9.17, 15) is 0 Å². The van der Waals surface area contributed by atoms with Gasteiger partial charge in [-0.3, -0.25) is 4.98 Å². The number of nitrogens with zero attached hydrogens (tertiary/aromatic N) is 1. The van der Waals surface area contributed by atoms with Crippen LogP contribution in [-0.2, 0) is 6.61 Å². The summed E-state index contributed by atoms with van der Waals surface area (Å²) in [5.74, 6) is 0. The molecule has 2 N–H and O–H groups in total. The predicted molar refractivity (Wildman–Crippen MR) is 54.8 cm³/mol. The topological polar surface area (TPSA) is 45.1 Å². The molecule has 0 bridgehead atoms. The molecule has 1 aliphatic rings. The lowest BCUT2D eigenvalue weighted by Gasteiger charge is -2.23. The van der Waals surface area contributed by atoms with E-state index >= 15 is 0 Å². The maximum atomic E-state index is 8.98. The van der Waals surface area contributed by atoms with Gasteiger partial charge in [0.2, 0.25) is 0 Å². The summed E-state index contributed by atoms with van der Waals surface area (Å²) in [4.78, 5) is 4.07. The lowest BCUT2D eigenvalue weighted by atomic mass is 9.98. The second-order valence-corrected chi connectivity index (χ2v) is 3.74. The number of rotatable bonds is 2. The minimum absolute atomic E-state index is 0.0283. The van der Waals surface area contributed by atoms with Gasteiger partial charge in [-0.15, -0.1) is 0 Å². The zero-order valence-electron chi connectivity index (χ0n) is 8.24. The van der Waals surface area contributed by atoms with Crippen LogP contribution in [-0.4, -0.2) is 16.6 Å². The number of nitrogens with one attached hydrogen (secondary N) is 1. The van der Waals surface area contributed by atoms with Gasteiger partial charge >= 0.3 is 0 Å². The zero-order valence-corrected chi connectivity index (χ0v) is 8.24. The third-order valence-electron chi connectivity index (χ3n) is 2.72. The summed E-state index contributed by atoms with van der Waals surface area (Å²) >= 11 is 0. The summed E-state index contributed by atoms with van der Waals surface area (Å²) in [6, 6.07) is 4.47. The molecule has 0 spiro atoms. The molecule has 0 aliphatic carbocycles. The molecular formula is C11H16N2O. The van der Waals surface area contributed by atoms with Crippen LogP contribution in [0.15, 0.2) is 18.3 Å². The van der Waals surface area contributed by atoms with E-state index in [1.54, 1.807) is 6.20 Å². The van der Waals surface area contributed by atoms with Gasteiger partial charge in [0.1, 0.15) is 0 Å². The van der Waals surface area contributed by atoms with Gasteiger partial charge < -0.3 is 10.4 Å². The molecular weight excluding hydrogens is 176 g/mol. The summed E-state index contributed by atoms with van der Waals surface area (Å²) in [6.07, 6.45) is 5.52. The number of piperidine rings is 1. The van der Waals surface area contributed by atoms with Crippen LogP contribution in [0.25, 0.3) is 0 Å². The normalized spacial score (nSPS) is 22.2. The number of aromatic nitrogens is 1. The lowest BCUT2D eigenvalue weighted by Crippen LogP contribution is -2.26. The van der Waals surface area contributed by atoms with Crippen molar-refractivity contribution >= 4 is 0 Å². The molecule has 76 valence electrons. The Hall–Kier alpha value is -0.930. The van der Waals surface area contributed by atoms with Crippen molar-refractivity contribution in [3.63, 3.8) is 0 Å². The Morgan fingerprint density at radius 2 is 2.43 bits per heavy atom. The van der Waals surface area contributed by atoms with Crippen LogP contribution in [0, 0.1) is 0 Å². The number of pyridine rings is 1. The Morgan fingerprint density at radius 3 is 3.14 bits per heavy atom. The second kappa shape index (κ2) is 4.53. The molecule has 0 saturated carbocycles. The summed E-state index contributed by atoms with van der Waals surface area (Å²) < 4.78 is 0. The first-order valence-corrected chi connectivity index (χ1v) is 5.19. The van der Waals surface area contributed by atoms with E-state index in [0.717, 1.165) is 12.2 Å². The molecule has 14 heavy (non-hydrogen) atoms. The molecule has 1 fully saturated rings. The third-order valence-corrected chi connectivity index (χ3v) is 2.72. The summed E-state index contributed by atoms with van der Waals surface area (Å²) in [5.41, 5.74) is 2.01. The molecule has 1 atom stereocenters. The highest BCUT2D eigenvalue weighted by atomic mass is 16.3. The van der Waals surface area contributed by atoms with Crippen molar-refractivity contribution in [1.82, 2.24) is 10.3 Å². The van der Waals surface area contributed by atoms with Crippen molar-refractivity contribution in [1.29, 1.82) is 0 Å². The quantitative estimate of drug-likeness (QED) is 0.744. The van der Waals surface area contributed by atoms with E-state index in [1.165, 1.54) is 24.8 Å². The lowest BCUT2D eigenvalue weighted by molar-refractivity contribution is 0.276. The van der Waals surface area contributed by atoms with E-state index in [2.05, 4.69) is 10.3 Å². The Kier molecular flexibility index (Phi) is 3.11. The maximum Gasteiger partial charge on any atom is 0.0853 e. The van der Waals surface area contributed by atoms with E-state index in [-0.39, 0.29) is 6.61 Å². The number of hydrogen-bond acceptors (Lipinski definition) is 3. The molecule has 2 heterocycles. The highest BCUT2D eigenvalue weighted by Crippen LogP contribution is 2.22. The molecule has 1 unspecified atom stereocenters. The van der Waals surface area contributed by atoms with Crippen molar-refractivity contribution in [2.75, 3.05) is 6.54 Å². The molecule has 0 amide bonds. The molecule has 0 radical (unpaired) electrons. The van der Waals surface area contributed by atoms with E-state index < -0.39 is 0 Å². The van der Waals surface area contributed by atoms with Crippen molar-refractivity contribution in [3.05, 3.63) is 29.6 Å². The highest BCUT2D eigenvalue weighted by molar-refractivity contribution is 5.20. The Bertz CT molecular complexity index is 295. The molecule has 0 aromatic carbocycles. The molecule has 1 aliphatic heterocycles. The molecule has 1 saturated heterocycles. The standard InChI is InChI=1S/C11H16N2O/c14-8-10-7-9(4-6-12-10)11-3-1-2-5-13-11/h4,6-7,11,13-14H,1-3,5,8H2. The fraction of sp³-hybridized carbons (Fsp3) is 0.545. The van der Waals surface area contributed by atoms with Crippen molar-refractivity contribution in [3.8, 4) is 0 Å².